The van der Waals surface area contributed by atoms with Gasteiger partial charge in [0.2, 0.25) is 47.3 Å². The number of aromatic amines is 3. The van der Waals surface area contributed by atoms with Crippen molar-refractivity contribution in [1.82, 2.24) is 61.3 Å². The molecule has 0 bridgehead atoms. The molecule has 69 heavy (non-hydrogen) atoms. The molecule has 23 heteroatoms. The van der Waals surface area contributed by atoms with Gasteiger partial charge in [-0.05, 0) is 50.2 Å². The van der Waals surface area contributed by atoms with Crippen molar-refractivity contribution in [3.63, 3.8) is 0 Å². The highest BCUT2D eigenvalue weighted by molar-refractivity contribution is 6.00. The lowest BCUT2D eigenvalue weighted by atomic mass is 9.98. The Morgan fingerprint density at radius 3 is 2.14 bits per heavy atom. The Morgan fingerprint density at radius 2 is 1.49 bits per heavy atom. The van der Waals surface area contributed by atoms with Gasteiger partial charge in [-0.25, -0.2) is 9.97 Å². The number of carbonyl (C=O) groups is 9. The molecule has 0 saturated carbocycles. The molecule has 2 fully saturated rings. The van der Waals surface area contributed by atoms with Crippen molar-refractivity contribution < 1.29 is 48.3 Å². The van der Waals surface area contributed by atoms with Gasteiger partial charge >= 0.3 is 5.97 Å². The second kappa shape index (κ2) is 23.9. The molecule has 0 unspecified atom stereocenters. The Labute approximate surface area is 397 Å². The van der Waals surface area contributed by atoms with Gasteiger partial charge in [0.05, 0.1) is 19.1 Å². The summed E-state index contributed by atoms with van der Waals surface area (Å²) in [7, 11) is 0. The van der Waals surface area contributed by atoms with E-state index in [1.54, 1.807) is 6.20 Å². The van der Waals surface area contributed by atoms with Crippen molar-refractivity contribution in [2.75, 3.05) is 13.1 Å². The molecule has 2 aliphatic rings. The van der Waals surface area contributed by atoms with Crippen molar-refractivity contribution in [1.29, 1.82) is 0 Å². The summed E-state index contributed by atoms with van der Waals surface area (Å²) < 4.78 is 0. The van der Waals surface area contributed by atoms with E-state index < -0.39 is 102 Å². The number of primary amides is 1. The van der Waals surface area contributed by atoms with Gasteiger partial charge in [0.15, 0.2) is 0 Å². The van der Waals surface area contributed by atoms with E-state index in [4.69, 9.17) is 5.73 Å². The monoisotopic (exact) mass is 955 g/mol. The van der Waals surface area contributed by atoms with E-state index in [0.717, 1.165) is 21.4 Å². The third-order valence-corrected chi connectivity index (χ3v) is 12.4. The fourth-order valence-corrected chi connectivity index (χ4v) is 9.00. The quantitative estimate of drug-likeness (QED) is 0.0773. The maximum Gasteiger partial charge on any atom is 0.305 e. The van der Waals surface area contributed by atoms with Gasteiger partial charge in [0.25, 0.3) is 0 Å². The first-order valence-electron chi connectivity index (χ1n) is 23.2. The largest absolute Gasteiger partial charge is 0.481 e. The van der Waals surface area contributed by atoms with E-state index in [2.05, 4.69) is 51.5 Å². The Balaban J connectivity index is 1.43. The van der Waals surface area contributed by atoms with Gasteiger partial charge in [0, 0.05) is 80.2 Å². The molecule has 1 aromatic carbocycles. The third kappa shape index (κ3) is 13.3. The zero-order valence-corrected chi connectivity index (χ0v) is 38.6. The summed E-state index contributed by atoms with van der Waals surface area (Å²) >= 11 is 0. The van der Waals surface area contributed by atoms with Gasteiger partial charge in [0.1, 0.15) is 42.3 Å². The number of carbonyl (C=O) groups excluding carboxylic acids is 8. The molecule has 370 valence electrons. The molecule has 0 spiro atoms. The molecular weight excluding hydrogens is 895 g/mol. The van der Waals surface area contributed by atoms with Crippen LogP contribution in [0.4, 0.5) is 0 Å². The van der Waals surface area contributed by atoms with Crippen molar-refractivity contribution in [2.45, 2.75) is 133 Å². The van der Waals surface area contributed by atoms with E-state index in [1.165, 1.54) is 36.9 Å². The van der Waals surface area contributed by atoms with Gasteiger partial charge < -0.3 is 62.2 Å². The number of imidazole rings is 2. The van der Waals surface area contributed by atoms with E-state index in [9.17, 15) is 48.3 Å². The Kier molecular flexibility index (Phi) is 17.6. The fourth-order valence-electron chi connectivity index (χ4n) is 9.00. The van der Waals surface area contributed by atoms with Gasteiger partial charge in [-0.3, -0.25) is 43.2 Å². The topological polar surface area (TPSA) is 340 Å². The summed E-state index contributed by atoms with van der Waals surface area (Å²) in [6.45, 7) is 3.19. The van der Waals surface area contributed by atoms with E-state index in [0.29, 0.717) is 30.7 Å². The Hall–Kier alpha value is -7.59. The molecule has 3 aromatic heterocycles. The Morgan fingerprint density at radius 1 is 0.826 bits per heavy atom. The molecule has 7 atom stereocenters. The van der Waals surface area contributed by atoms with Crippen molar-refractivity contribution in [3.05, 3.63) is 72.5 Å². The SMILES string of the molecule is CCCC[C@H](NC(C)=O)C(=O)N1[C@H](C(N)=O)CCCCNC(=O)[C@H](Cc2c[nH]c3ccccc23)NC(=O)[C@@H]2CCCN2C(=O)[C@@H](Cc2cnc[nH]2)NC(=O)[C@H](Cc2cnc[nH]2)NC(=O)[C@@H]1CC(=O)O. The molecular formula is C46H61N13O10. The first-order chi connectivity index (χ1) is 33.1. The van der Waals surface area contributed by atoms with Crippen LogP contribution in [0.5, 0.6) is 0 Å². The molecule has 2 saturated heterocycles. The number of aromatic nitrogens is 5. The number of rotatable bonds is 14. The molecule has 23 nitrogen and oxygen atoms in total. The molecule has 0 radical (unpaired) electrons. The minimum atomic E-state index is -1.97. The predicted octanol–water partition coefficient (Wildman–Crippen LogP) is -0.392. The number of carboxylic acid groups (broad SMARTS) is 1. The first-order valence-corrected chi connectivity index (χ1v) is 23.2. The molecule has 2 aliphatic heterocycles. The van der Waals surface area contributed by atoms with Gasteiger partial charge in [-0.15, -0.1) is 0 Å². The van der Waals surface area contributed by atoms with Crippen LogP contribution in [0.15, 0.2) is 55.5 Å². The van der Waals surface area contributed by atoms with Crippen molar-refractivity contribution in [3.8, 4) is 0 Å². The number of hydrogen-bond acceptors (Lipinski definition) is 11. The molecule has 5 heterocycles. The summed E-state index contributed by atoms with van der Waals surface area (Å²) in [6.07, 6.45) is 7.80. The van der Waals surface area contributed by atoms with Crippen LogP contribution in [0.3, 0.4) is 0 Å². The predicted molar refractivity (Wildman–Crippen MR) is 247 cm³/mol. The molecule has 8 amide bonds. The zero-order chi connectivity index (χ0) is 49.6. The van der Waals surface area contributed by atoms with E-state index >= 15 is 0 Å². The van der Waals surface area contributed by atoms with E-state index in [-0.39, 0.29) is 64.5 Å². The number of benzene rings is 1. The van der Waals surface area contributed by atoms with Crippen LogP contribution in [-0.2, 0) is 62.4 Å². The number of aliphatic carboxylic acids is 1. The van der Waals surface area contributed by atoms with Crippen LogP contribution in [0.1, 0.15) is 88.6 Å². The van der Waals surface area contributed by atoms with Crippen molar-refractivity contribution in [2.24, 2.45) is 5.73 Å². The van der Waals surface area contributed by atoms with Crippen LogP contribution >= 0.6 is 0 Å². The number of nitrogens with one attached hydrogen (secondary N) is 8. The average Bonchev–Trinajstić information content (AvgIpc) is 4.17. The fraction of sp³-hybridized carbons (Fsp3) is 0.500. The number of nitrogens with two attached hydrogens (primary N) is 1. The summed E-state index contributed by atoms with van der Waals surface area (Å²) in [5, 5.41) is 24.8. The third-order valence-electron chi connectivity index (χ3n) is 12.4. The highest BCUT2D eigenvalue weighted by atomic mass is 16.4. The standard InChI is InChI=1S/C46H61N13O10/c1-3-4-11-32(54-26(2)60)46(69)59-36(40(47)63)13-7-8-15-50-41(64)33(17-27-21-51-31-12-6-5-10-30(27)31)55-43(66)37-14-9-16-58(37)45(68)35(19-29-23-49-25-53-29)57-42(65)34(18-28-22-48-24-52-28)56-44(67)38(59)20-39(61)62/h5-6,10,12,21-25,32-38,51H,3-4,7-9,11,13-20H2,1-2H3,(H2,47,63)(H,48,52)(H,49,53)(H,50,64)(H,54,60)(H,55,66)(H,56,67)(H,57,65)(H,61,62)/t32-,33-,34-,35+,36-,37-,38-/m0/s1. The number of para-hydroxylation sites is 1. The number of amides is 8. The molecule has 6 rings (SSSR count). The number of hydrogen-bond donors (Lipinski definition) is 10. The minimum absolute atomic E-state index is 0.0228. The van der Waals surface area contributed by atoms with Crippen LogP contribution in [0.25, 0.3) is 10.9 Å². The van der Waals surface area contributed by atoms with Gasteiger partial charge in [-0.2, -0.15) is 0 Å². The highest BCUT2D eigenvalue weighted by Crippen LogP contribution is 2.24. The number of H-pyrrole nitrogens is 3. The molecule has 4 aromatic rings. The zero-order valence-electron chi connectivity index (χ0n) is 38.6. The Bertz CT molecular complexity index is 2460. The number of nitrogens with zero attached hydrogens (tertiary/aromatic N) is 4. The normalized spacial score (nSPS) is 22.9. The van der Waals surface area contributed by atoms with Crippen molar-refractivity contribution >= 4 is 64.1 Å². The second-order valence-electron chi connectivity index (χ2n) is 17.5. The maximum absolute atomic E-state index is 14.8. The lowest BCUT2D eigenvalue weighted by molar-refractivity contribution is -0.154. The summed E-state index contributed by atoms with van der Waals surface area (Å²) in [5.74, 6) is -8.02. The summed E-state index contributed by atoms with van der Waals surface area (Å²) in [6, 6.07) is -2.50. The van der Waals surface area contributed by atoms with Crippen LogP contribution < -0.4 is 32.3 Å². The summed E-state index contributed by atoms with van der Waals surface area (Å²) in [4.78, 5) is 145. The minimum Gasteiger partial charge on any atom is -0.481 e. The molecule has 11 N–H and O–H groups in total. The number of carboxylic acids is 1. The first kappa shape index (κ1) is 50.8. The summed E-state index contributed by atoms with van der Waals surface area (Å²) in [5.41, 5.74) is 8.34. The van der Waals surface area contributed by atoms with Crippen LogP contribution in [0, 0.1) is 0 Å². The smallest absolute Gasteiger partial charge is 0.305 e. The number of fused-ring (bicyclic) bond motifs is 2. The maximum atomic E-state index is 14.8. The second-order valence-corrected chi connectivity index (χ2v) is 17.5. The molecule has 0 aliphatic carbocycles. The van der Waals surface area contributed by atoms with Crippen LogP contribution in [-0.4, -0.2) is 148 Å². The van der Waals surface area contributed by atoms with Gasteiger partial charge in [-0.1, -0.05) is 38.0 Å². The lowest BCUT2D eigenvalue weighted by Crippen LogP contribution is -2.64. The number of unbranched alkanes of at least 4 members (excludes halogenated alkanes) is 1. The lowest BCUT2D eigenvalue weighted by Gasteiger charge is -2.38. The van der Waals surface area contributed by atoms with E-state index in [1.807, 2.05) is 31.2 Å². The van der Waals surface area contributed by atoms with Crippen LogP contribution in [0.2, 0.25) is 0 Å². The average molecular weight is 956 g/mol. The highest BCUT2D eigenvalue weighted by Gasteiger charge is 2.44.